The summed E-state index contributed by atoms with van der Waals surface area (Å²) in [5.74, 6) is -1.14. The first-order valence-corrected chi connectivity index (χ1v) is 3.14. The van der Waals surface area contributed by atoms with Crippen LogP contribution in [0.15, 0.2) is 18.9 Å². The molecule has 0 saturated carbocycles. The number of aromatic carboxylic acids is 1. The molecule has 1 N–H and O–H groups in total. The SMILES string of the molecule is C=CCOn1cc(C(=O)O)nn1. The third-order valence-electron chi connectivity index (χ3n) is 1.02. The summed E-state index contributed by atoms with van der Waals surface area (Å²) in [5, 5.41) is 15.1. The Morgan fingerprint density at radius 3 is 3.17 bits per heavy atom. The van der Waals surface area contributed by atoms with Crippen LogP contribution in [0, 0.1) is 0 Å². The van der Waals surface area contributed by atoms with Crippen molar-refractivity contribution in [2.45, 2.75) is 0 Å². The van der Waals surface area contributed by atoms with Gasteiger partial charge >= 0.3 is 5.97 Å². The first kappa shape index (κ1) is 8.25. The molecule has 64 valence electrons. The summed E-state index contributed by atoms with van der Waals surface area (Å²) in [5.41, 5.74) is -0.154. The maximum Gasteiger partial charge on any atom is 0.358 e. The van der Waals surface area contributed by atoms with E-state index in [-0.39, 0.29) is 12.3 Å². The topological polar surface area (TPSA) is 77.2 Å². The van der Waals surface area contributed by atoms with Crippen LogP contribution in [0.25, 0.3) is 0 Å². The molecule has 0 atom stereocenters. The predicted molar refractivity (Wildman–Crippen MR) is 38.6 cm³/mol. The Hall–Kier alpha value is -1.85. The van der Waals surface area contributed by atoms with Gasteiger partial charge < -0.3 is 9.94 Å². The molecule has 0 aliphatic rings. The smallest absolute Gasteiger partial charge is 0.358 e. The van der Waals surface area contributed by atoms with Gasteiger partial charge in [-0.2, -0.15) is 0 Å². The zero-order chi connectivity index (χ0) is 8.97. The van der Waals surface area contributed by atoms with Crippen molar-refractivity contribution >= 4 is 5.97 Å². The van der Waals surface area contributed by atoms with E-state index in [1.165, 1.54) is 12.3 Å². The molecule has 6 heteroatoms. The standard InChI is InChI=1S/C6H7N3O3/c1-2-3-12-9-4-5(6(10)11)7-8-9/h2,4H,1,3H2,(H,10,11). The molecule has 0 unspecified atom stereocenters. The van der Waals surface area contributed by atoms with E-state index < -0.39 is 5.97 Å². The average molecular weight is 169 g/mol. The largest absolute Gasteiger partial charge is 0.476 e. The fourth-order valence-electron chi connectivity index (χ4n) is 0.539. The second-order valence-corrected chi connectivity index (χ2v) is 1.90. The van der Waals surface area contributed by atoms with Gasteiger partial charge in [0.05, 0.1) is 0 Å². The molecule has 1 rings (SSSR count). The van der Waals surface area contributed by atoms with Crippen LogP contribution in [0.3, 0.4) is 0 Å². The Kier molecular flexibility index (Phi) is 2.42. The van der Waals surface area contributed by atoms with Gasteiger partial charge in [-0.25, -0.2) is 4.79 Å². The number of carbonyl (C=O) groups is 1. The lowest BCUT2D eigenvalue weighted by Gasteiger charge is -1.96. The highest BCUT2D eigenvalue weighted by Crippen LogP contribution is 1.89. The van der Waals surface area contributed by atoms with E-state index in [2.05, 4.69) is 16.9 Å². The van der Waals surface area contributed by atoms with Crippen LogP contribution in [-0.4, -0.2) is 32.8 Å². The second-order valence-electron chi connectivity index (χ2n) is 1.90. The average Bonchev–Trinajstić information content (AvgIpc) is 2.48. The normalized spacial score (nSPS) is 9.33. The number of carboxylic acids is 1. The number of hydrogen-bond donors (Lipinski definition) is 1. The van der Waals surface area contributed by atoms with Crippen molar-refractivity contribution in [2.75, 3.05) is 6.61 Å². The van der Waals surface area contributed by atoms with Crippen LogP contribution in [-0.2, 0) is 0 Å². The van der Waals surface area contributed by atoms with Crippen molar-refractivity contribution < 1.29 is 14.7 Å². The van der Waals surface area contributed by atoms with Gasteiger partial charge in [-0.15, -0.1) is 5.10 Å². The van der Waals surface area contributed by atoms with E-state index in [0.29, 0.717) is 0 Å². The maximum atomic E-state index is 10.3. The molecule has 1 aromatic heterocycles. The number of nitrogens with zero attached hydrogens (tertiary/aromatic N) is 3. The molecule has 6 nitrogen and oxygen atoms in total. The first-order chi connectivity index (χ1) is 5.74. The van der Waals surface area contributed by atoms with Crippen LogP contribution >= 0.6 is 0 Å². The van der Waals surface area contributed by atoms with Crippen LogP contribution in [0.2, 0.25) is 0 Å². The predicted octanol–water partition coefficient (Wildman–Crippen LogP) is -0.409. The fourth-order valence-corrected chi connectivity index (χ4v) is 0.539. The Balaban J connectivity index is 2.64. The van der Waals surface area contributed by atoms with Gasteiger partial charge in [0.2, 0.25) is 0 Å². The minimum absolute atomic E-state index is 0.154. The minimum atomic E-state index is -1.14. The Morgan fingerprint density at radius 1 is 1.92 bits per heavy atom. The van der Waals surface area contributed by atoms with Crippen molar-refractivity contribution in [1.82, 2.24) is 15.2 Å². The maximum absolute atomic E-state index is 10.3. The summed E-state index contributed by atoms with van der Waals surface area (Å²) < 4.78 is 0. The van der Waals surface area contributed by atoms with E-state index in [0.717, 1.165) is 4.85 Å². The molecule has 0 radical (unpaired) electrons. The molecule has 0 aromatic carbocycles. The molecule has 0 bridgehead atoms. The monoisotopic (exact) mass is 169 g/mol. The molecule has 0 saturated heterocycles. The number of rotatable bonds is 4. The number of hydrogen-bond acceptors (Lipinski definition) is 4. The highest BCUT2D eigenvalue weighted by molar-refractivity contribution is 5.84. The van der Waals surface area contributed by atoms with Gasteiger partial charge in [-0.3, -0.25) is 0 Å². The van der Waals surface area contributed by atoms with Crippen molar-refractivity contribution in [3.05, 3.63) is 24.5 Å². The summed E-state index contributed by atoms with van der Waals surface area (Å²) in [6, 6.07) is 0. The van der Waals surface area contributed by atoms with E-state index in [1.54, 1.807) is 0 Å². The Bertz CT molecular complexity index is 294. The number of aromatic nitrogens is 3. The highest BCUT2D eigenvalue weighted by atomic mass is 16.7. The molecule has 0 amide bonds. The molecule has 0 fully saturated rings. The van der Waals surface area contributed by atoms with Crippen molar-refractivity contribution in [3.8, 4) is 0 Å². The third kappa shape index (κ3) is 1.82. The van der Waals surface area contributed by atoms with Gasteiger partial charge in [-0.05, 0) is 5.21 Å². The van der Waals surface area contributed by atoms with E-state index in [9.17, 15) is 4.79 Å². The summed E-state index contributed by atoms with van der Waals surface area (Å²) in [7, 11) is 0. The Labute approximate surface area is 68.0 Å². The highest BCUT2D eigenvalue weighted by Gasteiger charge is 2.07. The van der Waals surface area contributed by atoms with Crippen LogP contribution in [0.1, 0.15) is 10.5 Å². The van der Waals surface area contributed by atoms with E-state index in [1.807, 2.05) is 0 Å². The lowest BCUT2D eigenvalue weighted by Crippen LogP contribution is -2.11. The summed E-state index contributed by atoms with van der Waals surface area (Å²) in [6.07, 6.45) is 2.69. The minimum Gasteiger partial charge on any atom is -0.476 e. The number of carboxylic acid groups (broad SMARTS) is 1. The Morgan fingerprint density at radius 2 is 2.67 bits per heavy atom. The van der Waals surface area contributed by atoms with E-state index in [4.69, 9.17) is 9.94 Å². The molecule has 0 spiro atoms. The summed E-state index contributed by atoms with van der Waals surface area (Å²) in [4.78, 5) is 16.1. The van der Waals surface area contributed by atoms with Gasteiger partial charge in [-0.1, -0.05) is 17.5 Å². The summed E-state index contributed by atoms with van der Waals surface area (Å²) in [6.45, 7) is 3.67. The van der Waals surface area contributed by atoms with Crippen molar-refractivity contribution in [3.63, 3.8) is 0 Å². The zero-order valence-electron chi connectivity index (χ0n) is 6.17. The van der Waals surface area contributed by atoms with Gasteiger partial charge in [0.1, 0.15) is 12.8 Å². The van der Waals surface area contributed by atoms with E-state index >= 15 is 0 Å². The third-order valence-corrected chi connectivity index (χ3v) is 1.02. The molecular formula is C6H7N3O3. The van der Waals surface area contributed by atoms with Gasteiger partial charge in [0.15, 0.2) is 5.69 Å². The lowest BCUT2D eigenvalue weighted by atomic mass is 10.5. The van der Waals surface area contributed by atoms with Crippen LogP contribution in [0.4, 0.5) is 0 Å². The second kappa shape index (κ2) is 3.51. The quantitative estimate of drug-likeness (QED) is 0.620. The molecular weight excluding hydrogens is 162 g/mol. The molecule has 12 heavy (non-hydrogen) atoms. The first-order valence-electron chi connectivity index (χ1n) is 3.14. The summed E-state index contributed by atoms with van der Waals surface area (Å²) >= 11 is 0. The zero-order valence-corrected chi connectivity index (χ0v) is 6.17. The van der Waals surface area contributed by atoms with Crippen LogP contribution in [0.5, 0.6) is 0 Å². The van der Waals surface area contributed by atoms with Gasteiger partial charge in [0, 0.05) is 0 Å². The fraction of sp³-hybridized carbons (Fsp3) is 0.167. The molecule has 0 aliphatic heterocycles. The lowest BCUT2D eigenvalue weighted by molar-refractivity contribution is 0.0688. The van der Waals surface area contributed by atoms with Gasteiger partial charge in [0.25, 0.3) is 0 Å². The van der Waals surface area contributed by atoms with Crippen LogP contribution < -0.4 is 4.84 Å². The molecule has 1 aromatic rings. The van der Waals surface area contributed by atoms with Crippen molar-refractivity contribution in [1.29, 1.82) is 0 Å². The van der Waals surface area contributed by atoms with Crippen molar-refractivity contribution in [2.24, 2.45) is 0 Å². The molecule has 0 aliphatic carbocycles. The molecule has 1 heterocycles.